The topological polar surface area (TPSA) is 134 Å². The molecule has 2 aromatic carbocycles. The van der Waals surface area contributed by atoms with Crippen molar-refractivity contribution < 1.29 is 28.0 Å². The first-order valence-corrected chi connectivity index (χ1v) is 9.90. The van der Waals surface area contributed by atoms with E-state index in [9.17, 15) is 18.0 Å². The van der Waals surface area contributed by atoms with Gasteiger partial charge in [0.25, 0.3) is 5.91 Å². The molecule has 0 aliphatic carbocycles. The van der Waals surface area contributed by atoms with Gasteiger partial charge in [0.1, 0.15) is 11.8 Å². The second kappa shape index (κ2) is 9.72. The SMILES string of the molecule is COc1ccc(S(=O)(=O)CC(NC(=O)CNc2ccccc2)C(=O)NO)cc1. The molecule has 4 N–H and O–H groups in total. The molecule has 0 aliphatic rings. The van der Waals surface area contributed by atoms with Crippen LogP contribution in [0, 0.1) is 0 Å². The molecule has 1 unspecified atom stereocenters. The van der Waals surface area contributed by atoms with Crippen LogP contribution in [-0.4, -0.2) is 50.9 Å². The van der Waals surface area contributed by atoms with Crippen LogP contribution in [0.25, 0.3) is 0 Å². The molecule has 0 saturated carbocycles. The lowest BCUT2D eigenvalue weighted by Gasteiger charge is -2.17. The minimum atomic E-state index is -3.91. The first kappa shape index (κ1) is 21.2. The molecule has 2 rings (SSSR count). The summed E-state index contributed by atoms with van der Waals surface area (Å²) in [7, 11) is -2.47. The van der Waals surface area contributed by atoms with Gasteiger partial charge in [-0.15, -0.1) is 0 Å². The van der Waals surface area contributed by atoms with Crippen molar-refractivity contribution in [3.05, 3.63) is 54.6 Å². The lowest BCUT2D eigenvalue weighted by Crippen LogP contribution is -2.51. The molecule has 1 atom stereocenters. The Balaban J connectivity index is 2.05. The zero-order valence-electron chi connectivity index (χ0n) is 15.1. The van der Waals surface area contributed by atoms with Crippen molar-refractivity contribution in [1.82, 2.24) is 10.8 Å². The van der Waals surface area contributed by atoms with E-state index in [1.807, 2.05) is 6.07 Å². The molecule has 0 bridgehead atoms. The summed E-state index contributed by atoms with van der Waals surface area (Å²) >= 11 is 0. The first-order valence-electron chi connectivity index (χ1n) is 8.25. The molecule has 0 fully saturated rings. The van der Waals surface area contributed by atoms with Crippen LogP contribution in [0.4, 0.5) is 5.69 Å². The predicted molar refractivity (Wildman–Crippen MR) is 102 cm³/mol. The number of methoxy groups -OCH3 is 1. The van der Waals surface area contributed by atoms with Gasteiger partial charge in [0.05, 0.1) is 24.3 Å². The predicted octanol–water partition coefficient (Wildman–Crippen LogP) is 0.571. The maximum atomic E-state index is 12.6. The molecule has 28 heavy (non-hydrogen) atoms. The van der Waals surface area contributed by atoms with Crippen molar-refractivity contribution >= 4 is 27.3 Å². The monoisotopic (exact) mass is 407 g/mol. The van der Waals surface area contributed by atoms with Gasteiger partial charge in [0.15, 0.2) is 9.84 Å². The largest absolute Gasteiger partial charge is 0.497 e. The van der Waals surface area contributed by atoms with Crippen molar-refractivity contribution in [3.63, 3.8) is 0 Å². The maximum Gasteiger partial charge on any atom is 0.266 e. The number of hydroxylamine groups is 1. The van der Waals surface area contributed by atoms with E-state index in [1.54, 1.807) is 24.3 Å². The number of amides is 2. The third kappa shape index (κ3) is 5.96. The van der Waals surface area contributed by atoms with Crippen LogP contribution in [-0.2, 0) is 19.4 Å². The molecule has 2 amide bonds. The van der Waals surface area contributed by atoms with Crippen molar-refractivity contribution in [3.8, 4) is 5.75 Å². The molecule has 0 spiro atoms. The van der Waals surface area contributed by atoms with Gasteiger partial charge in [-0.2, -0.15) is 0 Å². The van der Waals surface area contributed by atoms with Crippen LogP contribution >= 0.6 is 0 Å². The Bertz CT molecular complexity index is 901. The normalized spacial score (nSPS) is 11.9. The molecule has 2 aromatic rings. The van der Waals surface area contributed by atoms with E-state index in [2.05, 4.69) is 10.6 Å². The van der Waals surface area contributed by atoms with Crippen LogP contribution in [0.5, 0.6) is 5.75 Å². The molecule has 150 valence electrons. The quantitative estimate of drug-likeness (QED) is 0.353. The minimum Gasteiger partial charge on any atom is -0.497 e. The lowest BCUT2D eigenvalue weighted by molar-refractivity contribution is -0.133. The molecule has 0 radical (unpaired) electrons. The number of ether oxygens (including phenoxy) is 1. The lowest BCUT2D eigenvalue weighted by atomic mass is 10.3. The van der Waals surface area contributed by atoms with Gasteiger partial charge >= 0.3 is 0 Å². The number of nitrogens with one attached hydrogen (secondary N) is 3. The summed E-state index contributed by atoms with van der Waals surface area (Å²) in [5, 5.41) is 14.0. The Labute approximate surface area is 162 Å². The van der Waals surface area contributed by atoms with Crippen LogP contribution in [0.2, 0.25) is 0 Å². The molecule has 10 heteroatoms. The smallest absolute Gasteiger partial charge is 0.266 e. The van der Waals surface area contributed by atoms with Crippen LogP contribution in [0.15, 0.2) is 59.5 Å². The van der Waals surface area contributed by atoms with Gasteiger partial charge in [-0.3, -0.25) is 14.8 Å². The average molecular weight is 407 g/mol. The fourth-order valence-corrected chi connectivity index (χ4v) is 3.76. The van der Waals surface area contributed by atoms with Crippen molar-refractivity contribution in [2.45, 2.75) is 10.9 Å². The van der Waals surface area contributed by atoms with E-state index < -0.39 is 33.4 Å². The highest BCUT2D eigenvalue weighted by Gasteiger charge is 2.28. The summed E-state index contributed by atoms with van der Waals surface area (Å²) in [6.07, 6.45) is 0. The standard InChI is InChI=1S/C18H21N3O6S/c1-27-14-7-9-15(10-8-14)28(25,26)12-16(18(23)21-24)20-17(22)11-19-13-5-3-2-4-6-13/h2-10,16,19,24H,11-12H2,1H3,(H,20,22)(H,21,23). The second-order valence-corrected chi connectivity index (χ2v) is 7.81. The summed E-state index contributed by atoms with van der Waals surface area (Å²) in [6.45, 7) is -0.179. The number of anilines is 1. The van der Waals surface area contributed by atoms with Gasteiger partial charge in [-0.05, 0) is 36.4 Å². The Morgan fingerprint density at radius 2 is 1.71 bits per heavy atom. The molecular formula is C18H21N3O6S. The highest BCUT2D eigenvalue weighted by atomic mass is 32.2. The fourth-order valence-electron chi connectivity index (χ4n) is 2.34. The number of hydrogen-bond donors (Lipinski definition) is 4. The van der Waals surface area contributed by atoms with E-state index in [1.165, 1.54) is 36.9 Å². The molecule has 0 aromatic heterocycles. The molecule has 0 saturated heterocycles. The number of benzene rings is 2. The molecule has 9 nitrogen and oxygen atoms in total. The van der Waals surface area contributed by atoms with E-state index in [-0.39, 0.29) is 11.4 Å². The van der Waals surface area contributed by atoms with E-state index in [0.717, 1.165) is 0 Å². The zero-order valence-corrected chi connectivity index (χ0v) is 15.9. The minimum absolute atomic E-state index is 0.0410. The number of hydrogen-bond acceptors (Lipinski definition) is 7. The van der Waals surface area contributed by atoms with Crippen molar-refractivity contribution in [1.29, 1.82) is 0 Å². The summed E-state index contributed by atoms with van der Waals surface area (Å²) in [6, 6.07) is 13.0. The number of rotatable bonds is 9. The fraction of sp³-hybridized carbons (Fsp3) is 0.222. The first-order chi connectivity index (χ1) is 13.4. The molecule has 0 heterocycles. The average Bonchev–Trinajstić information content (AvgIpc) is 2.71. The third-order valence-electron chi connectivity index (χ3n) is 3.79. The van der Waals surface area contributed by atoms with Gasteiger partial charge < -0.3 is 15.4 Å². The summed E-state index contributed by atoms with van der Waals surface area (Å²) in [5.41, 5.74) is 2.06. The van der Waals surface area contributed by atoms with Gasteiger partial charge in [-0.1, -0.05) is 18.2 Å². The van der Waals surface area contributed by atoms with Crippen molar-refractivity contribution in [2.75, 3.05) is 24.7 Å². The van der Waals surface area contributed by atoms with Gasteiger partial charge in [0, 0.05) is 5.69 Å². The third-order valence-corrected chi connectivity index (χ3v) is 5.56. The molecule has 0 aliphatic heterocycles. The highest BCUT2D eigenvalue weighted by molar-refractivity contribution is 7.91. The second-order valence-electron chi connectivity index (χ2n) is 5.77. The van der Waals surface area contributed by atoms with Crippen molar-refractivity contribution in [2.24, 2.45) is 0 Å². The Morgan fingerprint density at radius 1 is 1.07 bits per heavy atom. The number of carbonyl (C=O) groups is 2. The Morgan fingerprint density at radius 3 is 2.29 bits per heavy atom. The highest BCUT2D eigenvalue weighted by Crippen LogP contribution is 2.17. The number of sulfone groups is 1. The van der Waals surface area contributed by atoms with E-state index in [0.29, 0.717) is 11.4 Å². The number of para-hydroxylation sites is 1. The van der Waals surface area contributed by atoms with Gasteiger partial charge in [0.2, 0.25) is 5.91 Å². The molecular weight excluding hydrogens is 386 g/mol. The Hall–Kier alpha value is -3.11. The summed E-state index contributed by atoms with van der Waals surface area (Å²) in [5.74, 6) is -1.89. The van der Waals surface area contributed by atoms with E-state index in [4.69, 9.17) is 9.94 Å². The van der Waals surface area contributed by atoms with Gasteiger partial charge in [-0.25, -0.2) is 13.9 Å². The van der Waals surface area contributed by atoms with E-state index >= 15 is 0 Å². The summed E-state index contributed by atoms with van der Waals surface area (Å²) < 4.78 is 30.1. The Kier molecular flexibility index (Phi) is 7.36. The summed E-state index contributed by atoms with van der Waals surface area (Å²) in [4.78, 5) is 23.9. The van der Waals surface area contributed by atoms with Crippen LogP contribution < -0.4 is 20.9 Å². The van der Waals surface area contributed by atoms with Crippen LogP contribution in [0.1, 0.15) is 0 Å². The maximum absolute atomic E-state index is 12.6. The zero-order chi connectivity index (χ0) is 20.6. The van der Waals surface area contributed by atoms with Crippen LogP contribution in [0.3, 0.4) is 0 Å². The number of carbonyl (C=O) groups excluding carboxylic acids is 2.